The fourth-order valence-electron chi connectivity index (χ4n) is 4.14. The van der Waals surface area contributed by atoms with E-state index in [1.54, 1.807) is 18.2 Å². The SMILES string of the molecule is O=C(Nc1ccc(Cl)cc1Cl)[C@H]1[C@@H]2C[C@H]3[C@H](OC(=O)[C@@H]31)[C@@H]2Br. The summed E-state index contributed by atoms with van der Waals surface area (Å²) in [7, 11) is 0. The van der Waals surface area contributed by atoms with E-state index in [4.69, 9.17) is 27.9 Å². The van der Waals surface area contributed by atoms with Crippen LogP contribution in [0.1, 0.15) is 6.42 Å². The molecule has 1 aliphatic heterocycles. The number of hydrogen-bond acceptors (Lipinski definition) is 3. The second kappa shape index (κ2) is 5.11. The number of benzene rings is 1. The van der Waals surface area contributed by atoms with Crippen LogP contribution in [0.2, 0.25) is 10.0 Å². The van der Waals surface area contributed by atoms with Crippen molar-refractivity contribution in [2.45, 2.75) is 17.4 Å². The molecule has 1 aromatic rings. The van der Waals surface area contributed by atoms with Crippen LogP contribution in [0.5, 0.6) is 0 Å². The van der Waals surface area contributed by atoms with E-state index in [9.17, 15) is 9.59 Å². The molecular weight excluding hydrogens is 393 g/mol. The second-order valence-electron chi connectivity index (χ2n) is 6.07. The van der Waals surface area contributed by atoms with E-state index in [1.807, 2.05) is 0 Å². The molecule has 6 atom stereocenters. The molecule has 3 aliphatic rings. The molecule has 1 heterocycles. The summed E-state index contributed by atoms with van der Waals surface area (Å²) in [6.07, 6.45) is 0.773. The molecule has 4 rings (SSSR count). The number of fused-ring (bicyclic) bond motifs is 1. The average Bonchev–Trinajstić information content (AvgIpc) is 3.06. The van der Waals surface area contributed by atoms with Crippen molar-refractivity contribution in [2.75, 3.05) is 5.32 Å². The van der Waals surface area contributed by atoms with Crippen LogP contribution in [0, 0.1) is 23.7 Å². The standard InChI is InChI=1S/C15H12BrCl2NO3/c16-12-6-4-7-11(15(21)22-13(7)12)10(6)14(20)19-9-2-1-5(17)3-8(9)18/h1-3,6-7,10-13H,4H2,(H,19,20)/t6-,7+,10-,11-,12+,13-/m0/s1. The summed E-state index contributed by atoms with van der Waals surface area (Å²) in [6, 6.07) is 4.90. The van der Waals surface area contributed by atoms with Crippen LogP contribution in [-0.2, 0) is 14.3 Å². The summed E-state index contributed by atoms with van der Waals surface area (Å²) >= 11 is 15.5. The molecule has 3 fully saturated rings. The van der Waals surface area contributed by atoms with Gasteiger partial charge in [-0.15, -0.1) is 0 Å². The topological polar surface area (TPSA) is 55.4 Å². The maximum atomic E-state index is 12.7. The van der Waals surface area contributed by atoms with Gasteiger partial charge >= 0.3 is 5.97 Å². The predicted octanol–water partition coefficient (Wildman–Crippen LogP) is 3.50. The monoisotopic (exact) mass is 403 g/mol. The third-order valence-electron chi connectivity index (χ3n) is 5.01. The number of anilines is 1. The van der Waals surface area contributed by atoms with Crippen LogP contribution in [0.4, 0.5) is 5.69 Å². The fourth-order valence-corrected chi connectivity index (χ4v) is 5.64. The van der Waals surface area contributed by atoms with Gasteiger partial charge in [0, 0.05) is 10.9 Å². The predicted molar refractivity (Wildman–Crippen MR) is 86.3 cm³/mol. The molecule has 1 saturated heterocycles. The molecule has 7 heteroatoms. The van der Waals surface area contributed by atoms with Gasteiger partial charge in [-0.1, -0.05) is 39.1 Å². The minimum absolute atomic E-state index is 0.0524. The minimum Gasteiger partial charge on any atom is -0.461 e. The molecular formula is C15H12BrCl2NO3. The average molecular weight is 405 g/mol. The van der Waals surface area contributed by atoms with Gasteiger partial charge in [-0.25, -0.2) is 0 Å². The highest BCUT2D eigenvalue weighted by atomic mass is 79.9. The highest BCUT2D eigenvalue weighted by molar-refractivity contribution is 9.09. The molecule has 2 bridgehead atoms. The summed E-state index contributed by atoms with van der Waals surface area (Å²) in [6.45, 7) is 0. The normalized spacial score (nSPS) is 38.2. The molecule has 0 radical (unpaired) electrons. The summed E-state index contributed by atoms with van der Waals surface area (Å²) in [5, 5.41) is 3.72. The molecule has 2 saturated carbocycles. The van der Waals surface area contributed by atoms with Crippen LogP contribution < -0.4 is 5.32 Å². The first-order valence-electron chi connectivity index (χ1n) is 7.08. The Hall–Kier alpha value is -0.780. The van der Waals surface area contributed by atoms with Gasteiger partial charge in [0.25, 0.3) is 0 Å². The van der Waals surface area contributed by atoms with Crippen LogP contribution in [0.3, 0.4) is 0 Å². The summed E-state index contributed by atoms with van der Waals surface area (Å²) in [4.78, 5) is 24.8. The van der Waals surface area contributed by atoms with Crippen LogP contribution in [0.15, 0.2) is 18.2 Å². The lowest BCUT2D eigenvalue weighted by Crippen LogP contribution is -2.40. The van der Waals surface area contributed by atoms with Crippen molar-refractivity contribution in [2.24, 2.45) is 23.7 Å². The van der Waals surface area contributed by atoms with Gasteiger partial charge in [0.1, 0.15) is 6.10 Å². The molecule has 1 N–H and O–H groups in total. The van der Waals surface area contributed by atoms with Crippen molar-refractivity contribution in [3.63, 3.8) is 0 Å². The first-order valence-corrected chi connectivity index (χ1v) is 8.75. The number of hydrogen-bond donors (Lipinski definition) is 1. The van der Waals surface area contributed by atoms with Gasteiger partial charge in [0.15, 0.2) is 0 Å². The van der Waals surface area contributed by atoms with Gasteiger partial charge < -0.3 is 10.1 Å². The Labute approximate surface area is 145 Å². The van der Waals surface area contributed by atoms with Gasteiger partial charge in [0.05, 0.1) is 27.4 Å². The number of amides is 1. The number of carbonyl (C=O) groups excluding carboxylic acids is 2. The molecule has 0 unspecified atom stereocenters. The number of carbonyl (C=O) groups is 2. The van der Waals surface area contributed by atoms with Crippen molar-refractivity contribution >= 4 is 56.7 Å². The van der Waals surface area contributed by atoms with Gasteiger partial charge in [-0.2, -0.15) is 0 Å². The van der Waals surface area contributed by atoms with Crippen molar-refractivity contribution in [1.82, 2.24) is 0 Å². The lowest BCUT2D eigenvalue weighted by atomic mass is 9.79. The maximum absolute atomic E-state index is 12.7. The molecule has 1 amide bonds. The number of alkyl halides is 1. The van der Waals surface area contributed by atoms with E-state index in [-0.39, 0.29) is 46.5 Å². The summed E-state index contributed by atoms with van der Waals surface area (Å²) < 4.78 is 5.41. The van der Waals surface area contributed by atoms with Crippen molar-refractivity contribution < 1.29 is 14.3 Å². The van der Waals surface area contributed by atoms with E-state index in [0.717, 1.165) is 6.42 Å². The zero-order valence-electron chi connectivity index (χ0n) is 11.3. The Morgan fingerprint density at radius 3 is 2.82 bits per heavy atom. The number of halogens is 3. The lowest BCUT2D eigenvalue weighted by molar-refractivity contribution is -0.145. The zero-order valence-corrected chi connectivity index (χ0v) is 14.4. The second-order valence-corrected chi connectivity index (χ2v) is 7.98. The third-order valence-corrected chi connectivity index (χ3v) is 6.76. The van der Waals surface area contributed by atoms with E-state index in [1.165, 1.54) is 0 Å². The minimum atomic E-state index is -0.368. The largest absolute Gasteiger partial charge is 0.461 e. The number of ether oxygens (including phenoxy) is 1. The summed E-state index contributed by atoms with van der Waals surface area (Å²) in [5.41, 5.74) is 0.507. The molecule has 0 aromatic heterocycles. The quantitative estimate of drug-likeness (QED) is 0.606. The van der Waals surface area contributed by atoms with Crippen molar-refractivity contribution in [3.8, 4) is 0 Å². The van der Waals surface area contributed by atoms with E-state index in [0.29, 0.717) is 15.7 Å². The highest BCUT2D eigenvalue weighted by Gasteiger charge is 2.67. The summed E-state index contributed by atoms with van der Waals surface area (Å²) in [5.74, 6) is -0.844. The highest BCUT2D eigenvalue weighted by Crippen LogP contribution is 2.60. The van der Waals surface area contributed by atoms with Gasteiger partial charge in [-0.3, -0.25) is 9.59 Å². The van der Waals surface area contributed by atoms with Gasteiger partial charge in [0.2, 0.25) is 5.91 Å². The number of nitrogens with one attached hydrogen (secondary N) is 1. The smallest absolute Gasteiger partial charge is 0.310 e. The Morgan fingerprint density at radius 1 is 1.32 bits per heavy atom. The Kier molecular flexibility index (Phi) is 3.44. The number of rotatable bonds is 2. The van der Waals surface area contributed by atoms with E-state index < -0.39 is 0 Å². The molecule has 0 spiro atoms. The van der Waals surface area contributed by atoms with Crippen molar-refractivity contribution in [1.29, 1.82) is 0 Å². The Balaban J connectivity index is 1.59. The lowest BCUT2D eigenvalue weighted by Gasteiger charge is -2.27. The fraction of sp³-hybridized carbons (Fsp3) is 0.467. The van der Waals surface area contributed by atoms with E-state index >= 15 is 0 Å². The molecule has 2 aliphatic carbocycles. The van der Waals surface area contributed by atoms with Crippen LogP contribution in [0.25, 0.3) is 0 Å². The third kappa shape index (κ3) is 2.02. The van der Waals surface area contributed by atoms with Gasteiger partial charge in [-0.05, 0) is 30.5 Å². The van der Waals surface area contributed by atoms with Crippen LogP contribution in [-0.4, -0.2) is 22.8 Å². The van der Waals surface area contributed by atoms with Crippen molar-refractivity contribution in [3.05, 3.63) is 28.2 Å². The molecule has 1 aromatic carbocycles. The first-order chi connectivity index (χ1) is 10.5. The Bertz CT molecular complexity index is 683. The zero-order chi connectivity index (χ0) is 15.6. The maximum Gasteiger partial charge on any atom is 0.310 e. The first kappa shape index (κ1) is 14.8. The molecule has 22 heavy (non-hydrogen) atoms. The molecule has 4 nitrogen and oxygen atoms in total. The van der Waals surface area contributed by atoms with E-state index in [2.05, 4.69) is 21.2 Å². The molecule has 116 valence electrons. The number of esters is 1. The Morgan fingerprint density at radius 2 is 2.09 bits per heavy atom. The van der Waals surface area contributed by atoms with Crippen LogP contribution >= 0.6 is 39.1 Å².